The number of pyridine rings is 1. The first-order valence-corrected chi connectivity index (χ1v) is 5.50. The highest BCUT2D eigenvalue weighted by Gasteiger charge is 2.20. The van der Waals surface area contributed by atoms with Crippen molar-refractivity contribution in [2.75, 3.05) is 0 Å². The van der Waals surface area contributed by atoms with Crippen LogP contribution in [0.25, 0.3) is 0 Å². The maximum absolute atomic E-state index is 11.1. The lowest BCUT2D eigenvalue weighted by atomic mass is 9.88. The number of fused-ring (bicyclic) bond motifs is 1. The van der Waals surface area contributed by atoms with Crippen molar-refractivity contribution >= 4 is 18.2 Å². The molecule has 0 spiro atoms. The van der Waals surface area contributed by atoms with Crippen molar-refractivity contribution in [2.45, 2.75) is 32.6 Å². The molecule has 1 heterocycles. The van der Waals surface area contributed by atoms with Crippen molar-refractivity contribution in [3.05, 3.63) is 27.0 Å². The monoisotopic (exact) mass is 223 g/mol. The van der Waals surface area contributed by atoms with Gasteiger partial charge in [0, 0.05) is 5.69 Å². The van der Waals surface area contributed by atoms with E-state index in [0.717, 1.165) is 42.5 Å². The first-order chi connectivity index (χ1) is 7.11. The highest BCUT2D eigenvalue weighted by Crippen LogP contribution is 2.26. The highest BCUT2D eigenvalue weighted by atomic mass is 32.1. The molecule has 15 heavy (non-hydrogen) atoms. The molecule has 0 saturated carbocycles. The van der Waals surface area contributed by atoms with E-state index in [9.17, 15) is 4.79 Å². The molecule has 0 aliphatic heterocycles. The van der Waals surface area contributed by atoms with Gasteiger partial charge in [-0.3, -0.25) is 0 Å². The Balaban J connectivity index is 2.74. The van der Waals surface area contributed by atoms with Crippen molar-refractivity contribution in [3.8, 4) is 0 Å². The van der Waals surface area contributed by atoms with E-state index < -0.39 is 5.97 Å². The van der Waals surface area contributed by atoms with E-state index in [0.29, 0.717) is 10.2 Å². The fourth-order valence-electron chi connectivity index (χ4n) is 2.27. The lowest BCUT2D eigenvalue weighted by Gasteiger charge is -2.19. The molecule has 0 amide bonds. The summed E-state index contributed by atoms with van der Waals surface area (Å²) in [6, 6.07) is 0. The Morgan fingerprint density at radius 3 is 2.53 bits per heavy atom. The smallest absolute Gasteiger partial charge is 0.339 e. The van der Waals surface area contributed by atoms with E-state index >= 15 is 0 Å². The minimum atomic E-state index is -0.908. The van der Waals surface area contributed by atoms with E-state index in [1.54, 1.807) is 0 Å². The lowest BCUT2D eigenvalue weighted by Crippen LogP contribution is -2.14. The number of H-pyrrole nitrogens is 1. The Labute approximate surface area is 93.1 Å². The molecule has 80 valence electrons. The molecule has 2 N–H and O–H groups in total. The maximum Gasteiger partial charge on any atom is 0.339 e. The third kappa shape index (κ3) is 1.69. The summed E-state index contributed by atoms with van der Waals surface area (Å²) in [6.07, 6.45) is 4.01. The van der Waals surface area contributed by atoms with Crippen molar-refractivity contribution in [3.63, 3.8) is 0 Å². The first-order valence-electron chi connectivity index (χ1n) is 5.09. The largest absolute Gasteiger partial charge is 0.478 e. The van der Waals surface area contributed by atoms with Crippen LogP contribution in [0, 0.1) is 11.6 Å². The van der Waals surface area contributed by atoms with Crippen LogP contribution in [0.4, 0.5) is 0 Å². The normalized spacial score (nSPS) is 14.7. The number of carboxylic acid groups (broad SMARTS) is 1. The zero-order valence-electron chi connectivity index (χ0n) is 8.59. The van der Waals surface area contributed by atoms with Gasteiger partial charge in [-0.2, -0.15) is 0 Å². The molecule has 2 rings (SSSR count). The van der Waals surface area contributed by atoms with Gasteiger partial charge in [0.1, 0.15) is 4.64 Å². The van der Waals surface area contributed by atoms with Gasteiger partial charge >= 0.3 is 5.97 Å². The van der Waals surface area contributed by atoms with Crippen LogP contribution in [0.1, 0.15) is 40.0 Å². The minimum absolute atomic E-state index is 0.310. The molecule has 0 bridgehead atoms. The van der Waals surface area contributed by atoms with E-state index in [-0.39, 0.29) is 0 Å². The van der Waals surface area contributed by atoms with Crippen LogP contribution in [0.3, 0.4) is 0 Å². The molecule has 0 saturated heterocycles. The molecule has 1 aliphatic rings. The average Bonchev–Trinajstić information content (AvgIpc) is 2.17. The fourth-order valence-corrected chi connectivity index (χ4v) is 2.63. The van der Waals surface area contributed by atoms with Crippen LogP contribution in [0.5, 0.6) is 0 Å². The third-order valence-electron chi connectivity index (χ3n) is 2.96. The van der Waals surface area contributed by atoms with Crippen LogP contribution >= 0.6 is 12.2 Å². The summed E-state index contributed by atoms with van der Waals surface area (Å²) in [5, 5.41) is 9.13. The second-order valence-corrected chi connectivity index (χ2v) is 4.33. The summed E-state index contributed by atoms with van der Waals surface area (Å²) in [5.41, 5.74) is 3.45. The Kier molecular flexibility index (Phi) is 2.61. The Hall–Kier alpha value is -1.16. The van der Waals surface area contributed by atoms with Gasteiger partial charge in [0.15, 0.2) is 0 Å². The van der Waals surface area contributed by atoms with Crippen LogP contribution in [0.15, 0.2) is 0 Å². The van der Waals surface area contributed by atoms with Gasteiger partial charge in [-0.05, 0) is 43.7 Å². The van der Waals surface area contributed by atoms with Gasteiger partial charge in [-0.1, -0.05) is 12.2 Å². The zero-order chi connectivity index (χ0) is 11.0. The van der Waals surface area contributed by atoms with E-state index in [1.807, 2.05) is 6.92 Å². The van der Waals surface area contributed by atoms with Gasteiger partial charge < -0.3 is 10.1 Å². The number of aromatic carboxylic acids is 1. The molecule has 0 fully saturated rings. The SMILES string of the molecule is Cc1[nH]c(=S)c(C(=O)O)c2c1CCCC2. The molecule has 0 radical (unpaired) electrons. The summed E-state index contributed by atoms with van der Waals surface area (Å²) in [4.78, 5) is 14.1. The number of hydrogen-bond donors (Lipinski definition) is 2. The van der Waals surface area contributed by atoms with Crippen molar-refractivity contribution in [1.29, 1.82) is 0 Å². The molecule has 1 aromatic rings. The predicted molar refractivity (Wildman–Crippen MR) is 60.0 cm³/mol. The number of hydrogen-bond acceptors (Lipinski definition) is 2. The number of aryl methyl sites for hydroxylation is 1. The average molecular weight is 223 g/mol. The summed E-state index contributed by atoms with van der Waals surface area (Å²) in [6.45, 7) is 1.96. The number of rotatable bonds is 1. The summed E-state index contributed by atoms with van der Waals surface area (Å²) in [5.74, 6) is -0.908. The van der Waals surface area contributed by atoms with Gasteiger partial charge in [-0.15, -0.1) is 0 Å². The molecule has 0 unspecified atom stereocenters. The number of aromatic nitrogens is 1. The van der Waals surface area contributed by atoms with Crippen LogP contribution < -0.4 is 0 Å². The topological polar surface area (TPSA) is 53.1 Å². The zero-order valence-corrected chi connectivity index (χ0v) is 9.41. The van der Waals surface area contributed by atoms with Gasteiger partial charge in [0.2, 0.25) is 0 Å². The Morgan fingerprint density at radius 1 is 1.33 bits per heavy atom. The van der Waals surface area contributed by atoms with Crippen molar-refractivity contribution < 1.29 is 9.90 Å². The Bertz CT molecular complexity index is 476. The molecule has 0 aromatic carbocycles. The number of carboxylic acids is 1. The van der Waals surface area contributed by atoms with Crippen LogP contribution in [-0.2, 0) is 12.8 Å². The summed E-state index contributed by atoms with van der Waals surface area (Å²) in [7, 11) is 0. The molecule has 4 heteroatoms. The number of aromatic amines is 1. The van der Waals surface area contributed by atoms with Gasteiger partial charge in [-0.25, -0.2) is 4.79 Å². The molecule has 1 aromatic heterocycles. The van der Waals surface area contributed by atoms with Gasteiger partial charge in [0.05, 0.1) is 5.56 Å². The number of nitrogens with one attached hydrogen (secondary N) is 1. The first kappa shape index (κ1) is 10.4. The highest BCUT2D eigenvalue weighted by molar-refractivity contribution is 7.71. The van der Waals surface area contributed by atoms with Gasteiger partial charge in [0.25, 0.3) is 0 Å². The van der Waals surface area contributed by atoms with Crippen molar-refractivity contribution in [1.82, 2.24) is 4.98 Å². The predicted octanol–water partition coefficient (Wildman–Crippen LogP) is 2.63. The van der Waals surface area contributed by atoms with Crippen molar-refractivity contribution in [2.24, 2.45) is 0 Å². The summed E-state index contributed by atoms with van der Waals surface area (Å²) >= 11 is 5.06. The second kappa shape index (κ2) is 3.77. The van der Waals surface area contributed by atoms with Crippen LogP contribution in [0.2, 0.25) is 0 Å². The molecular formula is C11H13NO2S. The standard InChI is InChI=1S/C11H13NO2S/c1-6-7-4-2-3-5-8(7)9(11(13)14)10(15)12-6/h2-5H2,1H3,(H,12,15)(H,13,14). The molecule has 3 nitrogen and oxygen atoms in total. The second-order valence-electron chi connectivity index (χ2n) is 3.92. The number of carbonyl (C=O) groups is 1. The lowest BCUT2D eigenvalue weighted by molar-refractivity contribution is 0.0694. The van der Waals surface area contributed by atoms with Crippen LogP contribution in [-0.4, -0.2) is 16.1 Å². The van der Waals surface area contributed by atoms with E-state index in [4.69, 9.17) is 17.3 Å². The molecular weight excluding hydrogens is 210 g/mol. The maximum atomic E-state index is 11.1. The van der Waals surface area contributed by atoms with E-state index in [2.05, 4.69) is 4.98 Å². The quantitative estimate of drug-likeness (QED) is 0.720. The third-order valence-corrected chi connectivity index (χ3v) is 3.27. The molecule has 1 aliphatic carbocycles. The fraction of sp³-hybridized carbons (Fsp3) is 0.455. The van der Waals surface area contributed by atoms with E-state index in [1.165, 1.54) is 0 Å². The Morgan fingerprint density at radius 2 is 1.93 bits per heavy atom. The molecule has 0 atom stereocenters. The summed E-state index contributed by atoms with van der Waals surface area (Å²) < 4.78 is 0.362. The minimum Gasteiger partial charge on any atom is -0.478 e.